The smallest absolute Gasteiger partial charge is 0.309 e. The molecule has 1 aliphatic rings. The number of benzene rings is 2. The van der Waals surface area contributed by atoms with Crippen LogP contribution in [0.3, 0.4) is 0 Å². The monoisotopic (exact) mass is 315 g/mol. The molecule has 0 aromatic heterocycles. The molecule has 4 nitrogen and oxygen atoms in total. The summed E-state index contributed by atoms with van der Waals surface area (Å²) in [7, 11) is 1.60. The van der Waals surface area contributed by atoms with Crippen molar-refractivity contribution < 1.29 is 19.0 Å². The van der Waals surface area contributed by atoms with Crippen LogP contribution in [0.2, 0.25) is 0 Å². The second-order valence-electron chi connectivity index (χ2n) is 5.62. The average Bonchev–Trinajstić information content (AvgIpc) is 3.00. The van der Waals surface area contributed by atoms with Gasteiger partial charge in [0.2, 0.25) is 0 Å². The van der Waals surface area contributed by atoms with Crippen molar-refractivity contribution in [2.24, 2.45) is 5.92 Å². The Balaban J connectivity index is 1.99. The number of hydrogen-bond acceptors (Lipinski definition) is 3. The predicted octanol–water partition coefficient (Wildman–Crippen LogP) is 3.49. The van der Waals surface area contributed by atoms with Gasteiger partial charge in [0.25, 0.3) is 0 Å². The third-order valence-corrected chi connectivity index (χ3v) is 4.31. The highest BCUT2D eigenvalue weighted by atomic mass is 19.1. The molecular weight excluding hydrogens is 297 g/mol. The van der Waals surface area contributed by atoms with Crippen LogP contribution in [-0.2, 0) is 4.79 Å². The number of carboxylic acid groups (broad SMARTS) is 1. The van der Waals surface area contributed by atoms with Gasteiger partial charge in [-0.3, -0.25) is 4.79 Å². The Morgan fingerprint density at radius 1 is 1.26 bits per heavy atom. The molecule has 1 heterocycles. The topological polar surface area (TPSA) is 49.8 Å². The lowest BCUT2D eigenvalue weighted by Crippen LogP contribution is -2.28. The first-order chi connectivity index (χ1) is 11.1. The van der Waals surface area contributed by atoms with Gasteiger partial charge in [0.1, 0.15) is 11.6 Å². The van der Waals surface area contributed by atoms with Crippen LogP contribution in [-0.4, -0.2) is 24.7 Å². The van der Waals surface area contributed by atoms with E-state index < -0.39 is 11.9 Å². The predicted molar refractivity (Wildman–Crippen MR) is 85.2 cm³/mol. The maximum Gasteiger partial charge on any atom is 0.309 e. The number of ether oxygens (including phenoxy) is 1. The van der Waals surface area contributed by atoms with Crippen LogP contribution >= 0.6 is 0 Å². The van der Waals surface area contributed by atoms with E-state index in [9.17, 15) is 14.3 Å². The third-order valence-electron chi connectivity index (χ3n) is 4.31. The second kappa shape index (κ2) is 6.28. The summed E-state index contributed by atoms with van der Waals surface area (Å²) in [6.45, 7) is 0.616. The van der Waals surface area contributed by atoms with Crippen molar-refractivity contribution in [3.05, 3.63) is 59.9 Å². The van der Waals surface area contributed by atoms with Crippen molar-refractivity contribution in [1.82, 2.24) is 0 Å². The molecule has 3 rings (SSSR count). The minimum Gasteiger partial charge on any atom is -0.497 e. The lowest BCUT2D eigenvalue weighted by molar-refractivity contribution is -0.141. The van der Waals surface area contributed by atoms with Crippen LogP contribution in [0.25, 0.3) is 0 Å². The van der Waals surface area contributed by atoms with E-state index >= 15 is 0 Å². The first-order valence-electron chi connectivity index (χ1n) is 7.49. The molecule has 1 aliphatic heterocycles. The largest absolute Gasteiger partial charge is 0.497 e. The summed E-state index contributed by atoms with van der Waals surface area (Å²) < 4.78 is 18.8. The summed E-state index contributed by atoms with van der Waals surface area (Å²) >= 11 is 0. The SMILES string of the molecule is COc1ccc(N2CCC(C(=O)O)C2c2cccc(F)c2)cc1. The number of rotatable bonds is 4. The van der Waals surface area contributed by atoms with Crippen LogP contribution in [0.5, 0.6) is 5.75 Å². The van der Waals surface area contributed by atoms with E-state index in [4.69, 9.17) is 4.74 Å². The van der Waals surface area contributed by atoms with Crippen LogP contribution in [0.15, 0.2) is 48.5 Å². The molecule has 23 heavy (non-hydrogen) atoms. The first kappa shape index (κ1) is 15.3. The highest BCUT2D eigenvalue weighted by Crippen LogP contribution is 2.41. The summed E-state index contributed by atoms with van der Waals surface area (Å²) in [4.78, 5) is 13.6. The molecule has 0 radical (unpaired) electrons. The van der Waals surface area contributed by atoms with Gasteiger partial charge in [0, 0.05) is 12.2 Å². The Labute approximate surface area is 134 Å². The van der Waals surface area contributed by atoms with E-state index in [1.165, 1.54) is 12.1 Å². The molecule has 0 saturated carbocycles. The fourth-order valence-electron chi connectivity index (χ4n) is 3.22. The van der Waals surface area contributed by atoms with E-state index in [1.54, 1.807) is 19.2 Å². The highest BCUT2D eigenvalue weighted by Gasteiger charge is 2.40. The molecule has 2 aromatic rings. The fraction of sp³-hybridized carbons (Fsp3) is 0.278. The van der Waals surface area contributed by atoms with Gasteiger partial charge >= 0.3 is 5.97 Å². The van der Waals surface area contributed by atoms with E-state index in [0.717, 1.165) is 11.4 Å². The number of methoxy groups -OCH3 is 1. The molecule has 2 atom stereocenters. The van der Waals surface area contributed by atoms with Crippen molar-refractivity contribution in [2.45, 2.75) is 12.5 Å². The number of nitrogens with zero attached hydrogens (tertiary/aromatic N) is 1. The van der Waals surface area contributed by atoms with Crippen molar-refractivity contribution in [1.29, 1.82) is 0 Å². The Kier molecular flexibility index (Phi) is 4.19. The molecule has 2 unspecified atom stereocenters. The zero-order valence-corrected chi connectivity index (χ0v) is 12.8. The Morgan fingerprint density at radius 3 is 2.61 bits per heavy atom. The van der Waals surface area contributed by atoms with Gasteiger partial charge in [-0.2, -0.15) is 0 Å². The summed E-state index contributed by atoms with van der Waals surface area (Å²) in [5, 5.41) is 9.52. The average molecular weight is 315 g/mol. The van der Waals surface area contributed by atoms with Crippen molar-refractivity contribution in [2.75, 3.05) is 18.6 Å². The Hall–Kier alpha value is -2.56. The van der Waals surface area contributed by atoms with E-state index in [2.05, 4.69) is 0 Å². The maximum atomic E-state index is 13.6. The molecule has 1 N–H and O–H groups in total. The summed E-state index contributed by atoms with van der Waals surface area (Å²) in [5.74, 6) is -1.02. The van der Waals surface area contributed by atoms with E-state index in [0.29, 0.717) is 18.5 Å². The second-order valence-corrected chi connectivity index (χ2v) is 5.62. The van der Waals surface area contributed by atoms with Crippen LogP contribution in [0, 0.1) is 11.7 Å². The number of aliphatic carboxylic acids is 1. The normalized spacial score (nSPS) is 20.5. The molecule has 1 saturated heterocycles. The van der Waals surface area contributed by atoms with Crippen molar-refractivity contribution in [3.63, 3.8) is 0 Å². The third kappa shape index (κ3) is 2.99. The van der Waals surface area contributed by atoms with Gasteiger partial charge < -0.3 is 14.7 Å². The Bertz CT molecular complexity index is 702. The number of carboxylic acids is 1. The van der Waals surface area contributed by atoms with Crippen LogP contribution in [0.1, 0.15) is 18.0 Å². The van der Waals surface area contributed by atoms with Crippen molar-refractivity contribution in [3.8, 4) is 5.75 Å². The van der Waals surface area contributed by atoms with Gasteiger partial charge in [-0.15, -0.1) is 0 Å². The lowest BCUT2D eigenvalue weighted by atomic mass is 9.93. The standard InChI is InChI=1S/C18H18FNO3/c1-23-15-7-5-14(6-8-15)20-10-9-16(18(21)22)17(20)12-3-2-4-13(19)11-12/h2-8,11,16-17H,9-10H2,1H3,(H,21,22). The molecule has 0 bridgehead atoms. The van der Waals surface area contributed by atoms with Gasteiger partial charge in [-0.25, -0.2) is 4.39 Å². The molecule has 5 heteroatoms. The molecule has 2 aromatic carbocycles. The zero-order valence-electron chi connectivity index (χ0n) is 12.8. The highest BCUT2D eigenvalue weighted by molar-refractivity contribution is 5.74. The first-order valence-corrected chi connectivity index (χ1v) is 7.49. The molecular formula is C18H18FNO3. The van der Waals surface area contributed by atoms with Gasteiger partial charge in [0.05, 0.1) is 19.1 Å². The van der Waals surface area contributed by atoms with Gasteiger partial charge in [0.15, 0.2) is 0 Å². The van der Waals surface area contributed by atoms with E-state index in [1.807, 2.05) is 29.2 Å². The minimum absolute atomic E-state index is 0.354. The molecule has 0 amide bonds. The van der Waals surface area contributed by atoms with Crippen LogP contribution < -0.4 is 9.64 Å². The fourth-order valence-corrected chi connectivity index (χ4v) is 3.22. The molecule has 0 spiro atoms. The lowest BCUT2D eigenvalue weighted by Gasteiger charge is -2.29. The number of halogens is 1. The number of carbonyl (C=O) groups is 1. The molecule has 120 valence electrons. The zero-order chi connectivity index (χ0) is 16.4. The summed E-state index contributed by atoms with van der Waals surface area (Å²) in [5.41, 5.74) is 1.59. The number of hydrogen-bond donors (Lipinski definition) is 1. The van der Waals surface area contributed by atoms with Gasteiger partial charge in [-0.1, -0.05) is 12.1 Å². The van der Waals surface area contributed by atoms with Gasteiger partial charge in [-0.05, 0) is 48.4 Å². The number of anilines is 1. The summed E-state index contributed by atoms with van der Waals surface area (Å²) in [6, 6.07) is 13.3. The van der Waals surface area contributed by atoms with Crippen LogP contribution in [0.4, 0.5) is 10.1 Å². The molecule has 1 fully saturated rings. The molecule has 0 aliphatic carbocycles. The van der Waals surface area contributed by atoms with Crippen molar-refractivity contribution >= 4 is 11.7 Å². The summed E-state index contributed by atoms with van der Waals surface area (Å²) in [6.07, 6.45) is 0.530. The minimum atomic E-state index is -0.852. The van der Waals surface area contributed by atoms with E-state index in [-0.39, 0.29) is 11.9 Å². The maximum absolute atomic E-state index is 13.6. The Morgan fingerprint density at radius 2 is 2.00 bits per heavy atom. The quantitative estimate of drug-likeness (QED) is 0.938.